The first-order chi connectivity index (χ1) is 9.61. The fourth-order valence-corrected chi connectivity index (χ4v) is 2.42. The Morgan fingerprint density at radius 1 is 1.40 bits per heavy atom. The highest BCUT2D eigenvalue weighted by Crippen LogP contribution is 2.26. The lowest BCUT2D eigenvalue weighted by molar-refractivity contribution is 0.101. The van der Waals surface area contributed by atoms with Gasteiger partial charge in [0.1, 0.15) is 5.82 Å². The number of hydrogen-bond acceptors (Lipinski definition) is 4. The molecular formula is C14H18N4OS. The minimum atomic E-state index is -0.294. The topological polar surface area (TPSA) is 70.7 Å². The van der Waals surface area contributed by atoms with Crippen molar-refractivity contribution < 1.29 is 4.79 Å². The van der Waals surface area contributed by atoms with E-state index in [9.17, 15) is 4.79 Å². The third-order valence-corrected chi connectivity index (χ3v) is 3.64. The van der Waals surface area contributed by atoms with Gasteiger partial charge in [0.2, 0.25) is 5.82 Å². The molecule has 6 heteroatoms. The van der Waals surface area contributed by atoms with E-state index in [1.165, 1.54) is 0 Å². The molecule has 0 aliphatic heterocycles. The van der Waals surface area contributed by atoms with Crippen molar-refractivity contribution in [2.24, 2.45) is 0 Å². The second-order valence-electron chi connectivity index (χ2n) is 4.58. The van der Waals surface area contributed by atoms with Crippen LogP contribution in [0.1, 0.15) is 43.1 Å². The quantitative estimate of drug-likeness (QED) is 0.829. The van der Waals surface area contributed by atoms with Crippen LogP contribution in [0, 0.1) is 0 Å². The Morgan fingerprint density at radius 2 is 2.15 bits per heavy atom. The lowest BCUT2D eigenvalue weighted by Crippen LogP contribution is -2.14. The summed E-state index contributed by atoms with van der Waals surface area (Å²) < 4.78 is 0. The summed E-state index contributed by atoms with van der Waals surface area (Å²) in [7, 11) is 0. The molecule has 106 valence electrons. The molecule has 2 aromatic rings. The fourth-order valence-electron chi connectivity index (χ4n) is 1.66. The highest BCUT2D eigenvalue weighted by atomic mass is 32.2. The van der Waals surface area contributed by atoms with Gasteiger partial charge in [-0.3, -0.25) is 9.89 Å². The van der Waals surface area contributed by atoms with Crippen molar-refractivity contribution in [2.75, 3.05) is 11.1 Å². The maximum Gasteiger partial charge on any atom is 0.295 e. The minimum absolute atomic E-state index is 0.171. The van der Waals surface area contributed by atoms with E-state index in [0.29, 0.717) is 5.82 Å². The summed E-state index contributed by atoms with van der Waals surface area (Å²) in [5.41, 5.74) is 0.792. The van der Waals surface area contributed by atoms with E-state index in [0.717, 1.165) is 16.3 Å². The van der Waals surface area contributed by atoms with Gasteiger partial charge in [0.15, 0.2) is 0 Å². The van der Waals surface area contributed by atoms with Gasteiger partial charge in [-0.1, -0.05) is 32.9 Å². The molecule has 0 aliphatic carbocycles. The van der Waals surface area contributed by atoms with E-state index in [-0.39, 0.29) is 17.6 Å². The largest absolute Gasteiger partial charge is 0.318 e. The number of para-hydroxylation sites is 1. The number of amides is 1. The third kappa shape index (κ3) is 3.39. The molecule has 0 bridgehead atoms. The number of hydrogen-bond donors (Lipinski definition) is 2. The van der Waals surface area contributed by atoms with E-state index in [4.69, 9.17) is 0 Å². The van der Waals surface area contributed by atoms with Gasteiger partial charge in [-0.2, -0.15) is 0 Å². The SMILES string of the molecule is CCSc1ccccc1NC(=O)c1n[nH]c(C(C)C)n1. The molecule has 0 radical (unpaired) electrons. The average molecular weight is 290 g/mol. The van der Waals surface area contributed by atoms with Crippen LogP contribution < -0.4 is 5.32 Å². The summed E-state index contributed by atoms with van der Waals surface area (Å²) in [4.78, 5) is 17.4. The molecule has 0 saturated carbocycles. The lowest BCUT2D eigenvalue weighted by Gasteiger charge is -2.08. The summed E-state index contributed by atoms with van der Waals surface area (Å²) in [6, 6.07) is 7.72. The van der Waals surface area contributed by atoms with Gasteiger partial charge in [-0.15, -0.1) is 16.9 Å². The zero-order valence-corrected chi connectivity index (χ0v) is 12.6. The molecule has 2 N–H and O–H groups in total. The molecule has 0 atom stereocenters. The molecule has 1 aromatic heterocycles. The molecule has 1 amide bonds. The van der Waals surface area contributed by atoms with Crippen LogP contribution in [0.5, 0.6) is 0 Å². The number of anilines is 1. The van der Waals surface area contributed by atoms with E-state index in [1.807, 2.05) is 38.1 Å². The van der Waals surface area contributed by atoms with Crippen molar-refractivity contribution in [3.05, 3.63) is 35.9 Å². The molecule has 0 fully saturated rings. The first-order valence-corrected chi connectivity index (χ1v) is 7.55. The van der Waals surface area contributed by atoms with Crippen molar-refractivity contribution in [1.82, 2.24) is 15.2 Å². The van der Waals surface area contributed by atoms with Crippen molar-refractivity contribution in [3.8, 4) is 0 Å². The first-order valence-electron chi connectivity index (χ1n) is 6.57. The molecular weight excluding hydrogens is 272 g/mol. The molecule has 1 heterocycles. The Hall–Kier alpha value is -1.82. The Labute approximate surface area is 122 Å². The molecule has 0 unspecified atom stereocenters. The summed E-state index contributed by atoms with van der Waals surface area (Å²) in [6.45, 7) is 6.07. The molecule has 1 aromatic carbocycles. The zero-order chi connectivity index (χ0) is 14.5. The maximum atomic E-state index is 12.1. The zero-order valence-electron chi connectivity index (χ0n) is 11.8. The first kappa shape index (κ1) is 14.6. The van der Waals surface area contributed by atoms with Crippen LogP contribution >= 0.6 is 11.8 Å². The normalized spacial score (nSPS) is 10.8. The van der Waals surface area contributed by atoms with E-state index in [1.54, 1.807) is 11.8 Å². The molecule has 0 aliphatic rings. The number of aromatic amines is 1. The lowest BCUT2D eigenvalue weighted by atomic mass is 10.2. The van der Waals surface area contributed by atoms with Gasteiger partial charge in [-0.05, 0) is 17.9 Å². The Balaban J connectivity index is 2.14. The summed E-state index contributed by atoms with van der Waals surface area (Å²) in [5, 5.41) is 9.60. The van der Waals surface area contributed by atoms with Crippen molar-refractivity contribution in [3.63, 3.8) is 0 Å². The summed E-state index contributed by atoms with van der Waals surface area (Å²) in [6.07, 6.45) is 0. The summed E-state index contributed by atoms with van der Waals surface area (Å²) in [5.74, 6) is 1.76. The number of nitrogens with zero attached hydrogens (tertiary/aromatic N) is 2. The number of H-pyrrole nitrogens is 1. The molecule has 20 heavy (non-hydrogen) atoms. The predicted octanol–water partition coefficient (Wildman–Crippen LogP) is 3.29. The van der Waals surface area contributed by atoms with E-state index >= 15 is 0 Å². The van der Waals surface area contributed by atoms with Crippen LogP contribution in [0.15, 0.2) is 29.2 Å². The Bertz CT molecular complexity index is 594. The Morgan fingerprint density at radius 3 is 2.80 bits per heavy atom. The number of benzene rings is 1. The molecule has 2 rings (SSSR count). The highest BCUT2D eigenvalue weighted by molar-refractivity contribution is 7.99. The number of rotatable bonds is 5. The van der Waals surface area contributed by atoms with Gasteiger partial charge in [0, 0.05) is 10.8 Å². The predicted molar refractivity (Wildman–Crippen MR) is 81.3 cm³/mol. The van der Waals surface area contributed by atoms with Crippen LogP contribution in [-0.4, -0.2) is 26.8 Å². The van der Waals surface area contributed by atoms with Crippen LogP contribution in [0.4, 0.5) is 5.69 Å². The number of thioether (sulfide) groups is 1. The van der Waals surface area contributed by atoms with Crippen LogP contribution in [0.2, 0.25) is 0 Å². The number of nitrogens with one attached hydrogen (secondary N) is 2. The van der Waals surface area contributed by atoms with Crippen molar-refractivity contribution >= 4 is 23.4 Å². The summed E-state index contributed by atoms with van der Waals surface area (Å²) >= 11 is 1.69. The minimum Gasteiger partial charge on any atom is -0.318 e. The van der Waals surface area contributed by atoms with Gasteiger partial charge in [0.25, 0.3) is 5.91 Å². The van der Waals surface area contributed by atoms with Gasteiger partial charge in [0.05, 0.1) is 5.69 Å². The average Bonchev–Trinajstić information content (AvgIpc) is 2.91. The standard InChI is InChI=1S/C14H18N4OS/c1-4-20-11-8-6-5-7-10(11)15-14(19)13-16-12(9(2)3)17-18-13/h5-9H,4H2,1-3H3,(H,15,19)(H,16,17,18). The highest BCUT2D eigenvalue weighted by Gasteiger charge is 2.15. The van der Waals surface area contributed by atoms with Gasteiger partial charge < -0.3 is 5.32 Å². The van der Waals surface area contributed by atoms with Gasteiger partial charge in [-0.25, -0.2) is 4.98 Å². The third-order valence-electron chi connectivity index (χ3n) is 2.69. The number of carbonyl (C=O) groups excluding carboxylic acids is 1. The number of carbonyl (C=O) groups is 1. The fraction of sp³-hybridized carbons (Fsp3) is 0.357. The smallest absolute Gasteiger partial charge is 0.295 e. The second kappa shape index (κ2) is 6.56. The molecule has 0 saturated heterocycles. The number of aromatic nitrogens is 3. The van der Waals surface area contributed by atoms with Crippen molar-refractivity contribution in [2.45, 2.75) is 31.6 Å². The maximum absolute atomic E-state index is 12.1. The monoisotopic (exact) mass is 290 g/mol. The van der Waals surface area contributed by atoms with Crippen LogP contribution in [0.3, 0.4) is 0 Å². The van der Waals surface area contributed by atoms with Crippen LogP contribution in [0.25, 0.3) is 0 Å². The van der Waals surface area contributed by atoms with E-state index in [2.05, 4.69) is 27.4 Å². The second-order valence-corrected chi connectivity index (χ2v) is 5.89. The van der Waals surface area contributed by atoms with Gasteiger partial charge >= 0.3 is 0 Å². The van der Waals surface area contributed by atoms with E-state index < -0.39 is 0 Å². The van der Waals surface area contributed by atoms with Crippen molar-refractivity contribution in [1.29, 1.82) is 0 Å². The Kier molecular flexibility index (Phi) is 4.79. The molecule has 5 nitrogen and oxygen atoms in total. The van der Waals surface area contributed by atoms with Crippen LogP contribution in [-0.2, 0) is 0 Å². The molecule has 0 spiro atoms.